The van der Waals surface area contributed by atoms with Gasteiger partial charge in [0.05, 0.1) is 5.39 Å². The maximum Gasteiger partial charge on any atom is 0.312 e. The average molecular weight is 264 g/mol. The SMILES string of the molecule is Cn1cc(-c2ncccn2)c2c(Cl)nc(F)nc21. The Morgan fingerprint density at radius 3 is 2.67 bits per heavy atom. The predicted molar refractivity (Wildman–Crippen MR) is 64.5 cm³/mol. The third-order valence-corrected chi connectivity index (χ3v) is 2.82. The summed E-state index contributed by atoms with van der Waals surface area (Å²) in [5, 5.41) is 0.604. The summed E-state index contributed by atoms with van der Waals surface area (Å²) < 4.78 is 14.8. The van der Waals surface area contributed by atoms with Gasteiger partial charge in [0.2, 0.25) is 0 Å². The Kier molecular flexibility index (Phi) is 2.45. The van der Waals surface area contributed by atoms with E-state index in [4.69, 9.17) is 11.6 Å². The third-order valence-electron chi connectivity index (χ3n) is 2.55. The van der Waals surface area contributed by atoms with Crippen LogP contribution in [0.5, 0.6) is 0 Å². The van der Waals surface area contributed by atoms with Gasteiger partial charge >= 0.3 is 6.08 Å². The minimum Gasteiger partial charge on any atom is -0.335 e. The second-order valence-electron chi connectivity index (χ2n) is 3.71. The van der Waals surface area contributed by atoms with Crippen molar-refractivity contribution in [3.8, 4) is 11.4 Å². The van der Waals surface area contributed by atoms with Crippen LogP contribution in [-0.4, -0.2) is 24.5 Å². The first-order valence-corrected chi connectivity index (χ1v) is 5.50. The molecule has 0 N–H and O–H groups in total. The highest BCUT2D eigenvalue weighted by Gasteiger charge is 2.17. The van der Waals surface area contributed by atoms with Gasteiger partial charge < -0.3 is 4.57 Å². The fraction of sp³-hybridized carbons (Fsp3) is 0.0909. The fourth-order valence-corrected chi connectivity index (χ4v) is 2.07. The predicted octanol–water partition coefficient (Wildman–Crippen LogP) is 2.22. The highest BCUT2D eigenvalue weighted by atomic mass is 35.5. The normalized spacial score (nSPS) is 11.1. The quantitative estimate of drug-likeness (QED) is 0.499. The molecule has 3 rings (SSSR count). The van der Waals surface area contributed by atoms with Crippen molar-refractivity contribution in [2.45, 2.75) is 0 Å². The summed E-state index contributed by atoms with van der Waals surface area (Å²) in [7, 11) is 1.75. The van der Waals surface area contributed by atoms with Crippen molar-refractivity contribution in [2.75, 3.05) is 0 Å². The zero-order valence-corrected chi connectivity index (χ0v) is 10.1. The lowest BCUT2D eigenvalue weighted by Gasteiger charge is -1.98. The lowest BCUT2D eigenvalue weighted by Crippen LogP contribution is -1.94. The number of aromatic nitrogens is 5. The zero-order chi connectivity index (χ0) is 12.7. The number of hydrogen-bond acceptors (Lipinski definition) is 4. The molecule has 0 spiro atoms. The van der Waals surface area contributed by atoms with E-state index in [0.29, 0.717) is 22.4 Å². The summed E-state index contributed by atoms with van der Waals surface area (Å²) in [6, 6.07) is 1.71. The highest BCUT2D eigenvalue weighted by Crippen LogP contribution is 2.31. The molecular formula is C11H7ClFN5. The highest BCUT2D eigenvalue weighted by molar-refractivity contribution is 6.35. The Morgan fingerprint density at radius 1 is 1.22 bits per heavy atom. The lowest BCUT2D eigenvalue weighted by atomic mass is 10.2. The molecule has 3 aromatic heterocycles. The summed E-state index contributed by atoms with van der Waals surface area (Å²) in [6.07, 6.45) is 4.15. The van der Waals surface area contributed by atoms with E-state index in [2.05, 4.69) is 19.9 Å². The number of hydrogen-bond donors (Lipinski definition) is 0. The van der Waals surface area contributed by atoms with Gasteiger partial charge in [-0.05, 0) is 6.07 Å². The minimum absolute atomic E-state index is 0.0561. The van der Waals surface area contributed by atoms with Gasteiger partial charge in [0.1, 0.15) is 10.8 Å². The minimum atomic E-state index is -0.853. The molecule has 3 heterocycles. The molecular weight excluding hydrogens is 257 g/mol. The Bertz CT molecular complexity index is 725. The summed E-state index contributed by atoms with van der Waals surface area (Å²) in [6.45, 7) is 0. The van der Waals surface area contributed by atoms with Crippen LogP contribution < -0.4 is 0 Å². The average Bonchev–Trinajstić information content (AvgIpc) is 2.68. The van der Waals surface area contributed by atoms with Crippen molar-refractivity contribution < 1.29 is 4.39 Å². The van der Waals surface area contributed by atoms with Crippen LogP contribution in [-0.2, 0) is 7.05 Å². The summed E-state index contributed by atoms with van der Waals surface area (Å²) in [5.41, 5.74) is 1.09. The van der Waals surface area contributed by atoms with Gasteiger partial charge in [0.15, 0.2) is 5.82 Å². The molecule has 0 amide bonds. The molecule has 0 unspecified atom stereocenters. The smallest absolute Gasteiger partial charge is 0.312 e. The molecule has 7 heteroatoms. The molecule has 90 valence electrons. The number of halogens is 2. The van der Waals surface area contributed by atoms with Crippen LogP contribution in [0.2, 0.25) is 5.15 Å². The molecule has 5 nitrogen and oxygen atoms in total. The molecule has 0 aromatic carbocycles. The van der Waals surface area contributed by atoms with Crippen molar-refractivity contribution in [3.05, 3.63) is 35.9 Å². The number of nitrogens with zero attached hydrogens (tertiary/aromatic N) is 5. The third kappa shape index (κ3) is 1.62. The summed E-state index contributed by atoms with van der Waals surface area (Å²) in [5.74, 6) is 0.500. The fourth-order valence-electron chi connectivity index (χ4n) is 1.81. The monoisotopic (exact) mass is 263 g/mol. The number of aryl methyl sites for hydroxylation is 1. The molecule has 18 heavy (non-hydrogen) atoms. The molecule has 0 bridgehead atoms. The second-order valence-corrected chi connectivity index (χ2v) is 4.07. The van der Waals surface area contributed by atoms with Crippen molar-refractivity contribution >= 4 is 22.6 Å². The van der Waals surface area contributed by atoms with Crippen LogP contribution in [0.25, 0.3) is 22.4 Å². The molecule has 0 aliphatic carbocycles. The van der Waals surface area contributed by atoms with Crippen molar-refractivity contribution in [1.29, 1.82) is 0 Å². The van der Waals surface area contributed by atoms with Gasteiger partial charge in [-0.25, -0.2) is 9.97 Å². The van der Waals surface area contributed by atoms with E-state index in [-0.39, 0.29) is 5.15 Å². The first kappa shape index (κ1) is 11.0. The Balaban J connectivity index is 2.38. The van der Waals surface area contributed by atoms with Crippen LogP contribution in [0.15, 0.2) is 24.7 Å². The van der Waals surface area contributed by atoms with E-state index < -0.39 is 6.08 Å². The van der Waals surface area contributed by atoms with E-state index in [1.807, 2.05) is 0 Å². The van der Waals surface area contributed by atoms with Crippen LogP contribution >= 0.6 is 11.6 Å². The lowest BCUT2D eigenvalue weighted by molar-refractivity contribution is 0.542. The largest absolute Gasteiger partial charge is 0.335 e. The molecule has 0 atom stereocenters. The van der Waals surface area contributed by atoms with Crippen LogP contribution in [0.3, 0.4) is 0 Å². The van der Waals surface area contributed by atoms with Crippen molar-refractivity contribution in [2.24, 2.45) is 7.05 Å². The molecule has 3 aromatic rings. The second kappa shape index (κ2) is 3.99. The van der Waals surface area contributed by atoms with Gasteiger partial charge in [0, 0.05) is 31.2 Å². The molecule has 0 radical (unpaired) electrons. The van der Waals surface area contributed by atoms with Gasteiger partial charge in [-0.2, -0.15) is 14.4 Å². The molecule has 0 aliphatic rings. The van der Waals surface area contributed by atoms with E-state index in [0.717, 1.165) is 0 Å². The van der Waals surface area contributed by atoms with Gasteiger partial charge in [-0.3, -0.25) is 0 Å². The summed E-state index contributed by atoms with van der Waals surface area (Å²) >= 11 is 5.97. The number of rotatable bonds is 1. The Labute approximate surface area is 106 Å². The number of fused-ring (bicyclic) bond motifs is 1. The van der Waals surface area contributed by atoms with Crippen molar-refractivity contribution in [3.63, 3.8) is 0 Å². The van der Waals surface area contributed by atoms with Gasteiger partial charge in [0.25, 0.3) is 0 Å². The van der Waals surface area contributed by atoms with Gasteiger partial charge in [-0.15, -0.1) is 0 Å². The Morgan fingerprint density at radius 2 is 1.94 bits per heavy atom. The first-order valence-electron chi connectivity index (χ1n) is 5.12. The first-order chi connectivity index (χ1) is 8.66. The molecule has 0 saturated carbocycles. The molecule has 0 fully saturated rings. The van der Waals surface area contributed by atoms with E-state index in [9.17, 15) is 4.39 Å². The Hall–Kier alpha value is -2.08. The maximum absolute atomic E-state index is 13.1. The van der Waals surface area contributed by atoms with Gasteiger partial charge in [-0.1, -0.05) is 11.6 Å². The van der Waals surface area contributed by atoms with Crippen LogP contribution in [0, 0.1) is 6.08 Å². The van der Waals surface area contributed by atoms with Crippen molar-refractivity contribution in [1.82, 2.24) is 24.5 Å². The zero-order valence-electron chi connectivity index (χ0n) is 9.30. The van der Waals surface area contributed by atoms with Crippen LogP contribution in [0.1, 0.15) is 0 Å². The maximum atomic E-state index is 13.1. The topological polar surface area (TPSA) is 56.5 Å². The van der Waals surface area contributed by atoms with E-state index in [1.54, 1.807) is 36.3 Å². The summed E-state index contributed by atoms with van der Waals surface area (Å²) in [4.78, 5) is 15.5. The van der Waals surface area contributed by atoms with E-state index >= 15 is 0 Å². The van der Waals surface area contributed by atoms with E-state index in [1.165, 1.54) is 0 Å². The van der Waals surface area contributed by atoms with Crippen LogP contribution in [0.4, 0.5) is 4.39 Å². The standard InChI is InChI=1S/C11H7ClFN5/c1-18-5-6(9-14-3-2-4-15-9)7-8(12)16-11(13)17-10(7)18/h2-5H,1H3. The molecule has 0 saturated heterocycles. The molecule has 0 aliphatic heterocycles.